The van der Waals surface area contributed by atoms with E-state index in [1.807, 2.05) is 18.2 Å². The maximum Gasteiger partial charge on any atom is 0.268 e. The lowest BCUT2D eigenvalue weighted by molar-refractivity contribution is -0.125. The molecule has 0 saturated carbocycles. The molecule has 1 N–H and O–H groups in total. The van der Waals surface area contributed by atoms with E-state index in [2.05, 4.69) is 27.4 Å². The van der Waals surface area contributed by atoms with Crippen LogP contribution < -0.4 is 15.8 Å². The molecule has 0 atom stereocenters. The van der Waals surface area contributed by atoms with Crippen LogP contribution in [0, 0.1) is 5.92 Å². The van der Waals surface area contributed by atoms with E-state index in [-0.39, 0.29) is 17.4 Å². The van der Waals surface area contributed by atoms with Crippen molar-refractivity contribution in [1.29, 1.82) is 0 Å². The zero-order chi connectivity index (χ0) is 18.4. The van der Waals surface area contributed by atoms with E-state index >= 15 is 0 Å². The second-order valence-corrected chi connectivity index (χ2v) is 6.82. The minimum Gasteiger partial charge on any atom is -0.370 e. The van der Waals surface area contributed by atoms with Crippen molar-refractivity contribution in [3.8, 4) is 0 Å². The maximum absolute atomic E-state index is 12.4. The van der Waals surface area contributed by atoms with Gasteiger partial charge in [-0.05, 0) is 31.2 Å². The number of hydrogen-bond acceptors (Lipinski definition) is 4. The number of carbonyl (C=O) groups excluding carboxylic acids is 1. The van der Waals surface area contributed by atoms with Crippen LogP contribution in [0.1, 0.15) is 24.8 Å². The smallest absolute Gasteiger partial charge is 0.268 e. The zero-order valence-electron chi connectivity index (χ0n) is 15.2. The van der Waals surface area contributed by atoms with Crippen molar-refractivity contribution in [3.63, 3.8) is 0 Å². The first kappa shape index (κ1) is 18.2. The fourth-order valence-corrected chi connectivity index (χ4v) is 3.33. The Morgan fingerprint density at radius 2 is 1.96 bits per heavy atom. The van der Waals surface area contributed by atoms with Crippen molar-refractivity contribution in [2.24, 2.45) is 13.0 Å². The number of nitrogens with zero attached hydrogens (tertiary/aromatic N) is 3. The molecule has 0 unspecified atom stereocenters. The summed E-state index contributed by atoms with van der Waals surface area (Å²) in [6.07, 6.45) is 5.26. The molecule has 1 aliphatic rings. The summed E-state index contributed by atoms with van der Waals surface area (Å²) in [4.78, 5) is 26.2. The van der Waals surface area contributed by atoms with Crippen molar-refractivity contribution in [1.82, 2.24) is 15.1 Å². The van der Waals surface area contributed by atoms with E-state index in [9.17, 15) is 9.59 Å². The lowest BCUT2D eigenvalue weighted by Gasteiger charge is -2.32. The first-order chi connectivity index (χ1) is 12.6. The van der Waals surface area contributed by atoms with Gasteiger partial charge in [0.25, 0.3) is 5.56 Å². The SMILES string of the molecule is Cn1ncc(N2CCC(C(=O)NCCCc3ccccc3)CC2)cc1=O. The van der Waals surface area contributed by atoms with E-state index in [0.717, 1.165) is 44.5 Å². The van der Waals surface area contributed by atoms with Crippen molar-refractivity contribution in [3.05, 3.63) is 58.5 Å². The van der Waals surface area contributed by atoms with Crippen molar-refractivity contribution >= 4 is 11.6 Å². The van der Waals surface area contributed by atoms with E-state index in [4.69, 9.17) is 0 Å². The number of anilines is 1. The van der Waals surface area contributed by atoms with Crippen molar-refractivity contribution < 1.29 is 4.79 Å². The molecular formula is C20H26N4O2. The molecule has 3 rings (SSSR count). The molecular weight excluding hydrogens is 328 g/mol. The molecule has 1 aromatic carbocycles. The Hall–Kier alpha value is -2.63. The third-order valence-electron chi connectivity index (χ3n) is 4.97. The van der Waals surface area contributed by atoms with Crippen LogP contribution >= 0.6 is 0 Å². The average molecular weight is 354 g/mol. The summed E-state index contributed by atoms with van der Waals surface area (Å²) in [5.74, 6) is 0.210. The molecule has 0 aliphatic carbocycles. The van der Waals surface area contributed by atoms with E-state index in [1.54, 1.807) is 19.3 Å². The number of aromatic nitrogens is 2. The van der Waals surface area contributed by atoms with Gasteiger partial charge in [0.2, 0.25) is 5.91 Å². The number of piperidine rings is 1. The van der Waals surface area contributed by atoms with Gasteiger partial charge < -0.3 is 10.2 Å². The first-order valence-corrected chi connectivity index (χ1v) is 9.23. The average Bonchev–Trinajstić information content (AvgIpc) is 2.68. The number of hydrogen-bond donors (Lipinski definition) is 1. The molecule has 6 heteroatoms. The Morgan fingerprint density at radius 3 is 2.65 bits per heavy atom. The number of benzene rings is 1. The Labute approximate surface area is 153 Å². The standard InChI is InChI=1S/C20H26N4O2/c1-23-19(25)14-18(15-22-23)24-12-9-17(10-13-24)20(26)21-11-5-8-16-6-3-2-4-7-16/h2-4,6-7,14-15,17H,5,8-13H2,1H3,(H,21,26). The lowest BCUT2D eigenvalue weighted by Crippen LogP contribution is -2.41. The molecule has 138 valence electrons. The van der Waals surface area contributed by atoms with E-state index in [0.29, 0.717) is 6.54 Å². The number of carbonyl (C=O) groups is 1. The Balaban J connectivity index is 1.40. The maximum atomic E-state index is 12.4. The minimum atomic E-state index is -0.110. The summed E-state index contributed by atoms with van der Waals surface area (Å²) in [7, 11) is 1.64. The van der Waals surface area contributed by atoms with Crippen LogP contribution in [0.15, 0.2) is 47.4 Å². The van der Waals surface area contributed by atoms with Crippen LogP contribution in [-0.2, 0) is 18.3 Å². The van der Waals surface area contributed by atoms with Crippen molar-refractivity contribution in [2.45, 2.75) is 25.7 Å². The highest BCUT2D eigenvalue weighted by molar-refractivity contribution is 5.78. The topological polar surface area (TPSA) is 67.2 Å². The Kier molecular flexibility index (Phi) is 6.04. The van der Waals surface area contributed by atoms with Gasteiger partial charge in [-0.1, -0.05) is 30.3 Å². The number of nitrogens with one attached hydrogen (secondary N) is 1. The molecule has 6 nitrogen and oxygen atoms in total. The van der Waals surface area contributed by atoms with Crippen LogP contribution in [-0.4, -0.2) is 35.3 Å². The van der Waals surface area contributed by atoms with Gasteiger partial charge in [-0.15, -0.1) is 0 Å². The predicted molar refractivity (Wildman–Crippen MR) is 102 cm³/mol. The van der Waals surface area contributed by atoms with Gasteiger partial charge in [-0.2, -0.15) is 5.10 Å². The van der Waals surface area contributed by atoms with Gasteiger partial charge in [0, 0.05) is 38.7 Å². The van der Waals surface area contributed by atoms with Crippen molar-refractivity contribution in [2.75, 3.05) is 24.5 Å². The van der Waals surface area contributed by atoms with Crippen LogP contribution in [0.2, 0.25) is 0 Å². The summed E-state index contributed by atoms with van der Waals surface area (Å²) in [6, 6.07) is 11.9. The molecule has 1 saturated heterocycles. The summed E-state index contributed by atoms with van der Waals surface area (Å²) in [6.45, 7) is 2.26. The highest BCUT2D eigenvalue weighted by Crippen LogP contribution is 2.21. The fourth-order valence-electron chi connectivity index (χ4n) is 3.33. The van der Waals surface area contributed by atoms with Gasteiger partial charge in [-0.25, -0.2) is 4.68 Å². The van der Waals surface area contributed by atoms with Crippen LogP contribution in [0.3, 0.4) is 0 Å². The second kappa shape index (κ2) is 8.65. The molecule has 2 aromatic rings. The van der Waals surface area contributed by atoms with Gasteiger partial charge in [0.1, 0.15) is 0 Å². The molecule has 1 amide bonds. The third kappa shape index (κ3) is 4.71. The van der Waals surface area contributed by atoms with Gasteiger partial charge >= 0.3 is 0 Å². The largest absolute Gasteiger partial charge is 0.370 e. The summed E-state index contributed by atoms with van der Waals surface area (Å²) < 4.78 is 1.32. The van der Waals surface area contributed by atoms with Gasteiger partial charge in [0.15, 0.2) is 0 Å². The monoisotopic (exact) mass is 354 g/mol. The number of amides is 1. The molecule has 0 radical (unpaired) electrons. The third-order valence-corrected chi connectivity index (χ3v) is 4.97. The highest BCUT2D eigenvalue weighted by atomic mass is 16.2. The lowest BCUT2D eigenvalue weighted by atomic mass is 9.95. The molecule has 1 fully saturated rings. The molecule has 2 heterocycles. The number of aryl methyl sites for hydroxylation is 2. The zero-order valence-corrected chi connectivity index (χ0v) is 15.2. The van der Waals surface area contributed by atoms with Crippen LogP contribution in [0.4, 0.5) is 5.69 Å². The molecule has 26 heavy (non-hydrogen) atoms. The minimum absolute atomic E-state index is 0.0579. The Morgan fingerprint density at radius 1 is 1.23 bits per heavy atom. The van der Waals surface area contributed by atoms with Gasteiger partial charge in [-0.3, -0.25) is 9.59 Å². The highest BCUT2D eigenvalue weighted by Gasteiger charge is 2.25. The van der Waals surface area contributed by atoms with Crippen LogP contribution in [0.5, 0.6) is 0 Å². The normalized spacial score (nSPS) is 15.0. The molecule has 1 aromatic heterocycles. The summed E-state index contributed by atoms with van der Waals surface area (Å²) in [5.41, 5.74) is 2.04. The predicted octanol–water partition coefficient (Wildman–Crippen LogP) is 1.75. The second-order valence-electron chi connectivity index (χ2n) is 6.82. The first-order valence-electron chi connectivity index (χ1n) is 9.23. The summed E-state index contributed by atoms with van der Waals surface area (Å²) >= 11 is 0. The number of rotatable bonds is 6. The molecule has 1 aliphatic heterocycles. The summed E-state index contributed by atoms with van der Waals surface area (Å²) in [5, 5.41) is 7.14. The Bertz CT molecular complexity index is 780. The fraction of sp³-hybridized carbons (Fsp3) is 0.450. The molecule has 0 bridgehead atoms. The van der Waals surface area contributed by atoms with Gasteiger partial charge in [0.05, 0.1) is 11.9 Å². The van der Waals surface area contributed by atoms with E-state index < -0.39 is 0 Å². The van der Waals surface area contributed by atoms with Crippen LogP contribution in [0.25, 0.3) is 0 Å². The quantitative estimate of drug-likeness (QED) is 0.803. The van der Waals surface area contributed by atoms with E-state index in [1.165, 1.54) is 10.2 Å². The molecule has 0 spiro atoms.